The first-order valence-corrected chi connectivity index (χ1v) is 29.7. The van der Waals surface area contributed by atoms with Crippen molar-refractivity contribution in [3.05, 3.63) is 109 Å². The van der Waals surface area contributed by atoms with Gasteiger partial charge in [-0.05, 0) is 89.9 Å². The number of aliphatic hydroxyl groups excluding tert-OH is 5. The van der Waals surface area contributed by atoms with Crippen molar-refractivity contribution >= 4 is 11.9 Å². The topological polar surface area (TPSA) is 175 Å². The second kappa shape index (κ2) is 51.1. The molecule has 428 valence electrons. The van der Waals surface area contributed by atoms with Crippen LogP contribution in [0.3, 0.4) is 0 Å². The summed E-state index contributed by atoms with van der Waals surface area (Å²) >= 11 is 0. The number of hydrogen-bond donors (Lipinski definition) is 6. The fourth-order valence-corrected chi connectivity index (χ4v) is 8.46. The number of hydrogen-bond acceptors (Lipinski definition) is 10. The van der Waals surface area contributed by atoms with Crippen molar-refractivity contribution in [3.63, 3.8) is 0 Å². The van der Waals surface area contributed by atoms with Crippen LogP contribution < -0.4 is 5.32 Å². The molecule has 1 fully saturated rings. The predicted molar refractivity (Wildman–Crippen MR) is 310 cm³/mol. The van der Waals surface area contributed by atoms with E-state index < -0.39 is 67.4 Å². The first-order valence-electron chi connectivity index (χ1n) is 29.7. The molecule has 6 N–H and O–H groups in total. The molecule has 11 heteroatoms. The number of amides is 1. The number of aliphatic hydroxyl groups is 5. The highest BCUT2D eigenvalue weighted by molar-refractivity contribution is 5.81. The number of carbonyl (C=O) groups excluding carboxylic acids is 2. The molecule has 0 radical (unpaired) electrons. The van der Waals surface area contributed by atoms with E-state index in [0.717, 1.165) is 96.3 Å². The Morgan fingerprint density at radius 2 is 0.960 bits per heavy atom. The van der Waals surface area contributed by atoms with Crippen LogP contribution in [0, 0.1) is 0 Å². The SMILES string of the molecule is CC/C=C\C/C=C\C/C=C\C/C=C\C/C=C\C/C=C\CCCCCCC(=O)OC1C(OCC(NC(=O)C(O)C/C=C/C/C=C\CCCCCCCC)C(O)/C=C/CCCCCCCCCCC)OC(CO)C(O)C1O. The molecule has 1 rings (SSSR count). The van der Waals surface area contributed by atoms with Crippen LogP contribution in [-0.4, -0.2) is 99.6 Å². The first-order chi connectivity index (χ1) is 36.7. The van der Waals surface area contributed by atoms with Gasteiger partial charge in [0.05, 0.1) is 25.4 Å². The maximum Gasteiger partial charge on any atom is 0.306 e. The summed E-state index contributed by atoms with van der Waals surface area (Å²) in [6.45, 7) is 5.58. The Hall–Kier alpha value is -3.68. The highest BCUT2D eigenvalue weighted by Gasteiger charge is 2.47. The smallest absolute Gasteiger partial charge is 0.306 e. The molecular formula is C64H107NO10. The number of nitrogens with one attached hydrogen (secondary N) is 1. The molecule has 0 aliphatic carbocycles. The maximum absolute atomic E-state index is 13.3. The van der Waals surface area contributed by atoms with Gasteiger partial charge in [0.25, 0.3) is 0 Å². The van der Waals surface area contributed by atoms with Gasteiger partial charge in [-0.3, -0.25) is 9.59 Å². The zero-order valence-corrected chi connectivity index (χ0v) is 47.1. The zero-order chi connectivity index (χ0) is 54.7. The number of rotatable bonds is 48. The van der Waals surface area contributed by atoms with Crippen molar-refractivity contribution in [1.82, 2.24) is 5.32 Å². The van der Waals surface area contributed by atoms with Crippen LogP contribution in [0.2, 0.25) is 0 Å². The third-order valence-corrected chi connectivity index (χ3v) is 13.2. The quantitative estimate of drug-likeness (QED) is 0.0195. The van der Waals surface area contributed by atoms with Crippen LogP contribution in [-0.2, 0) is 23.8 Å². The average molecular weight is 1050 g/mol. The lowest BCUT2D eigenvalue weighted by atomic mass is 9.99. The van der Waals surface area contributed by atoms with Crippen molar-refractivity contribution in [1.29, 1.82) is 0 Å². The Bertz CT molecular complexity index is 1630. The molecule has 1 amide bonds. The summed E-state index contributed by atoms with van der Waals surface area (Å²) in [6.07, 6.45) is 58.7. The molecule has 8 unspecified atom stereocenters. The molecule has 1 heterocycles. The van der Waals surface area contributed by atoms with Gasteiger partial charge in [-0.15, -0.1) is 0 Å². The van der Waals surface area contributed by atoms with Gasteiger partial charge < -0.3 is 45.1 Å². The lowest BCUT2D eigenvalue weighted by Gasteiger charge is -2.41. The molecule has 1 aliphatic heterocycles. The van der Waals surface area contributed by atoms with Crippen LogP contribution in [0.1, 0.15) is 220 Å². The minimum absolute atomic E-state index is 0.0741. The lowest BCUT2D eigenvalue weighted by molar-refractivity contribution is -0.305. The van der Waals surface area contributed by atoms with E-state index in [0.29, 0.717) is 12.8 Å². The average Bonchev–Trinajstić information content (AvgIpc) is 3.41. The summed E-state index contributed by atoms with van der Waals surface area (Å²) in [5, 5.41) is 56.7. The van der Waals surface area contributed by atoms with Crippen molar-refractivity contribution < 1.29 is 49.3 Å². The van der Waals surface area contributed by atoms with Crippen molar-refractivity contribution in [2.24, 2.45) is 0 Å². The van der Waals surface area contributed by atoms with Gasteiger partial charge in [-0.2, -0.15) is 0 Å². The summed E-state index contributed by atoms with van der Waals surface area (Å²) in [5.74, 6) is -1.30. The van der Waals surface area contributed by atoms with Gasteiger partial charge in [0.15, 0.2) is 12.4 Å². The van der Waals surface area contributed by atoms with E-state index in [-0.39, 0.29) is 19.4 Å². The third-order valence-electron chi connectivity index (χ3n) is 13.2. The van der Waals surface area contributed by atoms with Crippen LogP contribution in [0.5, 0.6) is 0 Å². The molecule has 0 aromatic carbocycles. The summed E-state index contributed by atoms with van der Waals surface area (Å²) < 4.78 is 17.5. The molecule has 11 nitrogen and oxygen atoms in total. The summed E-state index contributed by atoms with van der Waals surface area (Å²) in [4.78, 5) is 26.4. The number of allylic oxidation sites excluding steroid dienone is 16. The third kappa shape index (κ3) is 39.4. The Kier molecular flexibility index (Phi) is 47.2. The minimum Gasteiger partial charge on any atom is -0.454 e. The van der Waals surface area contributed by atoms with Gasteiger partial charge in [-0.1, -0.05) is 226 Å². The number of carbonyl (C=O) groups is 2. The van der Waals surface area contributed by atoms with Crippen LogP contribution in [0.4, 0.5) is 0 Å². The fraction of sp³-hybridized carbons (Fsp3) is 0.688. The monoisotopic (exact) mass is 1050 g/mol. The highest BCUT2D eigenvalue weighted by Crippen LogP contribution is 2.26. The van der Waals surface area contributed by atoms with Gasteiger partial charge in [0, 0.05) is 12.8 Å². The molecule has 0 aromatic heterocycles. The second-order valence-corrected chi connectivity index (χ2v) is 20.0. The molecule has 8 atom stereocenters. The number of unbranched alkanes of at least 4 members (excludes halogenated alkanes) is 19. The van der Waals surface area contributed by atoms with E-state index in [2.05, 4.69) is 111 Å². The van der Waals surface area contributed by atoms with Crippen molar-refractivity contribution in [2.45, 2.75) is 269 Å². The molecule has 0 spiro atoms. The largest absolute Gasteiger partial charge is 0.454 e. The van der Waals surface area contributed by atoms with Crippen LogP contribution in [0.25, 0.3) is 0 Å². The molecule has 1 aliphatic rings. The highest BCUT2D eigenvalue weighted by atomic mass is 16.7. The van der Waals surface area contributed by atoms with E-state index in [9.17, 15) is 35.1 Å². The van der Waals surface area contributed by atoms with E-state index >= 15 is 0 Å². The summed E-state index contributed by atoms with van der Waals surface area (Å²) in [7, 11) is 0. The molecule has 0 bridgehead atoms. The van der Waals surface area contributed by atoms with Gasteiger partial charge in [0.2, 0.25) is 5.91 Å². The van der Waals surface area contributed by atoms with Crippen LogP contribution in [0.15, 0.2) is 109 Å². The fourth-order valence-electron chi connectivity index (χ4n) is 8.46. The van der Waals surface area contributed by atoms with Gasteiger partial charge >= 0.3 is 5.97 Å². The zero-order valence-electron chi connectivity index (χ0n) is 47.1. The minimum atomic E-state index is -1.64. The predicted octanol–water partition coefficient (Wildman–Crippen LogP) is 13.7. The maximum atomic E-state index is 13.3. The van der Waals surface area contributed by atoms with E-state index in [1.54, 1.807) is 12.2 Å². The van der Waals surface area contributed by atoms with E-state index in [4.69, 9.17) is 14.2 Å². The summed E-state index contributed by atoms with van der Waals surface area (Å²) in [6, 6.07) is -1.06. The molecule has 0 saturated carbocycles. The Morgan fingerprint density at radius 1 is 0.533 bits per heavy atom. The first kappa shape index (κ1) is 69.3. The molecule has 0 aromatic rings. The Labute approximate surface area is 456 Å². The van der Waals surface area contributed by atoms with Crippen molar-refractivity contribution in [3.8, 4) is 0 Å². The lowest BCUT2D eigenvalue weighted by Crippen LogP contribution is -2.61. The molecular weight excluding hydrogens is 943 g/mol. The number of esters is 1. The van der Waals surface area contributed by atoms with Gasteiger partial charge in [-0.25, -0.2) is 0 Å². The Morgan fingerprint density at radius 3 is 1.44 bits per heavy atom. The van der Waals surface area contributed by atoms with E-state index in [1.807, 2.05) is 12.2 Å². The van der Waals surface area contributed by atoms with Crippen LogP contribution >= 0.6 is 0 Å². The summed E-state index contributed by atoms with van der Waals surface area (Å²) in [5.41, 5.74) is 0. The normalized spacial score (nSPS) is 20.0. The standard InChI is InChI=1S/C64H107NO10/c1-4-7-10-13-16-19-22-24-25-26-27-28-29-30-31-32-33-34-37-40-43-46-49-52-59(69)75-62-61(71)60(70)58(53-66)74-64(62)73-54-55(56(67)50-47-44-41-38-35-21-18-15-12-9-6-3)65-63(72)57(68)51-48-45-42-39-36-23-20-17-14-11-8-5-2/h7,10,16,19,24-25,27-28,30-31,33-34,36,39,45,47-48,50,55-58,60-62,64,66-68,70-71H,4-6,8-9,11-15,17-18,20-23,26,29,32,35,37-38,40-44,46,49,51-54H2,1-3H3,(H,65,72)/b10-7-,19-16-,25-24-,28-27-,31-30-,34-33-,39-36-,48-45+,50-47+. The van der Waals surface area contributed by atoms with E-state index in [1.165, 1.54) is 77.0 Å². The Balaban J connectivity index is 2.70. The molecule has 75 heavy (non-hydrogen) atoms. The number of ether oxygens (including phenoxy) is 3. The van der Waals surface area contributed by atoms with Gasteiger partial charge in [0.1, 0.15) is 24.4 Å². The second-order valence-electron chi connectivity index (χ2n) is 20.0. The van der Waals surface area contributed by atoms with Crippen molar-refractivity contribution in [2.75, 3.05) is 13.2 Å². The molecule has 1 saturated heterocycles.